The van der Waals surface area contributed by atoms with Crippen molar-refractivity contribution >= 4 is 21.7 Å². The molecule has 0 radical (unpaired) electrons. The molecule has 0 saturated heterocycles. The summed E-state index contributed by atoms with van der Waals surface area (Å²) in [5.41, 5.74) is 10.5. The highest BCUT2D eigenvalue weighted by Crippen LogP contribution is 2.32. The van der Waals surface area contributed by atoms with Gasteiger partial charge < -0.3 is 10.8 Å². The lowest BCUT2D eigenvalue weighted by molar-refractivity contribution is 0.220. The zero-order valence-electron chi connectivity index (χ0n) is 11.2. The van der Waals surface area contributed by atoms with Crippen molar-refractivity contribution in [1.82, 2.24) is 4.98 Å². The van der Waals surface area contributed by atoms with Crippen LogP contribution < -0.4 is 5.73 Å². The Hall–Kier alpha value is -1.39. The van der Waals surface area contributed by atoms with Crippen molar-refractivity contribution in [2.75, 3.05) is 5.73 Å². The first kappa shape index (κ1) is 14.0. The number of halogens is 1. The number of nitrogen functional groups attached to an aromatic ring is 1. The van der Waals surface area contributed by atoms with Gasteiger partial charge in [0.15, 0.2) is 0 Å². The van der Waals surface area contributed by atoms with E-state index in [0.717, 1.165) is 26.7 Å². The van der Waals surface area contributed by atoms with Crippen LogP contribution in [0.1, 0.15) is 33.9 Å². The maximum absolute atomic E-state index is 10.6. The number of anilines is 1. The molecule has 0 amide bonds. The number of pyridine rings is 1. The second-order valence-electron chi connectivity index (χ2n) is 4.80. The van der Waals surface area contributed by atoms with Crippen LogP contribution in [0.25, 0.3) is 0 Å². The van der Waals surface area contributed by atoms with Crippen molar-refractivity contribution < 1.29 is 5.11 Å². The van der Waals surface area contributed by atoms with Gasteiger partial charge in [0.1, 0.15) is 11.9 Å². The SMILES string of the molecule is Cc1cc(C(O)c2c(C)ccnc2N)cc(C)c1Br. The van der Waals surface area contributed by atoms with Gasteiger partial charge in [-0.15, -0.1) is 0 Å². The number of nitrogens with zero attached hydrogens (tertiary/aromatic N) is 1. The number of aliphatic hydroxyl groups excluding tert-OH is 1. The quantitative estimate of drug-likeness (QED) is 0.891. The van der Waals surface area contributed by atoms with Crippen molar-refractivity contribution in [3.8, 4) is 0 Å². The summed E-state index contributed by atoms with van der Waals surface area (Å²) < 4.78 is 1.07. The van der Waals surface area contributed by atoms with Crippen molar-refractivity contribution in [3.05, 3.63) is 56.7 Å². The van der Waals surface area contributed by atoms with Gasteiger partial charge in [0, 0.05) is 16.2 Å². The number of benzene rings is 1. The molecule has 4 heteroatoms. The van der Waals surface area contributed by atoms with Crippen molar-refractivity contribution in [2.45, 2.75) is 26.9 Å². The third kappa shape index (κ3) is 2.65. The monoisotopic (exact) mass is 320 g/mol. The molecular formula is C15H17BrN2O. The molecule has 0 saturated carbocycles. The third-order valence-corrected chi connectivity index (χ3v) is 4.54. The molecule has 19 heavy (non-hydrogen) atoms. The van der Waals surface area contributed by atoms with Gasteiger partial charge in [-0.3, -0.25) is 0 Å². The van der Waals surface area contributed by atoms with Crippen LogP contribution in [0.15, 0.2) is 28.9 Å². The molecule has 100 valence electrons. The highest BCUT2D eigenvalue weighted by atomic mass is 79.9. The summed E-state index contributed by atoms with van der Waals surface area (Å²) in [6.07, 6.45) is 0.901. The van der Waals surface area contributed by atoms with Gasteiger partial charge in [-0.05, 0) is 49.1 Å². The summed E-state index contributed by atoms with van der Waals surface area (Å²) in [6.45, 7) is 5.94. The maximum Gasteiger partial charge on any atom is 0.129 e. The molecule has 0 aliphatic rings. The number of nitrogens with two attached hydrogens (primary N) is 1. The highest BCUT2D eigenvalue weighted by Gasteiger charge is 2.18. The molecule has 1 atom stereocenters. The summed E-state index contributed by atoms with van der Waals surface area (Å²) in [5.74, 6) is 0.380. The Kier molecular flexibility index (Phi) is 3.92. The molecule has 3 N–H and O–H groups in total. The number of hydrogen-bond donors (Lipinski definition) is 2. The molecule has 0 fully saturated rings. The molecule has 0 aliphatic carbocycles. The minimum Gasteiger partial charge on any atom is -0.384 e. The van der Waals surface area contributed by atoms with Gasteiger partial charge in [0.25, 0.3) is 0 Å². The number of aromatic nitrogens is 1. The Morgan fingerprint density at radius 3 is 2.26 bits per heavy atom. The van der Waals surface area contributed by atoms with E-state index >= 15 is 0 Å². The standard InChI is InChI=1S/C15H17BrN2O/c1-8-4-5-18-15(17)12(8)14(19)11-6-9(2)13(16)10(3)7-11/h4-7,14,19H,1-3H3,(H2,17,18). The fourth-order valence-electron chi connectivity index (χ4n) is 2.25. The van der Waals surface area contributed by atoms with E-state index in [1.165, 1.54) is 0 Å². The second kappa shape index (κ2) is 5.31. The normalized spacial score (nSPS) is 12.5. The van der Waals surface area contributed by atoms with Gasteiger partial charge in [0.2, 0.25) is 0 Å². The molecule has 1 aromatic carbocycles. The van der Waals surface area contributed by atoms with Gasteiger partial charge in [-0.1, -0.05) is 28.1 Å². The molecule has 0 bridgehead atoms. The third-order valence-electron chi connectivity index (χ3n) is 3.29. The van der Waals surface area contributed by atoms with Gasteiger partial charge >= 0.3 is 0 Å². The summed E-state index contributed by atoms with van der Waals surface area (Å²) in [6, 6.07) is 5.79. The predicted octanol–water partition coefficient (Wildman–Crippen LogP) is 3.43. The van der Waals surface area contributed by atoms with Crippen LogP contribution >= 0.6 is 15.9 Å². The number of aliphatic hydroxyl groups is 1. The fraction of sp³-hybridized carbons (Fsp3) is 0.267. The van der Waals surface area contributed by atoms with E-state index < -0.39 is 6.10 Å². The first-order chi connectivity index (χ1) is 8.91. The Morgan fingerprint density at radius 1 is 1.16 bits per heavy atom. The summed E-state index contributed by atoms with van der Waals surface area (Å²) in [4.78, 5) is 4.06. The Balaban J connectivity index is 2.53. The molecule has 0 spiro atoms. The summed E-state index contributed by atoms with van der Waals surface area (Å²) in [5, 5.41) is 10.6. The number of aryl methyl sites for hydroxylation is 3. The molecule has 1 heterocycles. The summed E-state index contributed by atoms with van der Waals surface area (Å²) in [7, 11) is 0. The van der Waals surface area contributed by atoms with Gasteiger partial charge in [-0.2, -0.15) is 0 Å². The molecule has 2 aromatic rings. The molecule has 1 aromatic heterocycles. The largest absolute Gasteiger partial charge is 0.384 e. The first-order valence-corrected chi connectivity index (χ1v) is 6.86. The second-order valence-corrected chi connectivity index (χ2v) is 5.59. The van der Waals surface area contributed by atoms with E-state index in [-0.39, 0.29) is 0 Å². The summed E-state index contributed by atoms with van der Waals surface area (Å²) >= 11 is 3.53. The van der Waals surface area contributed by atoms with E-state index in [2.05, 4.69) is 20.9 Å². The van der Waals surface area contributed by atoms with Gasteiger partial charge in [-0.25, -0.2) is 4.98 Å². The maximum atomic E-state index is 10.6. The number of hydrogen-bond acceptors (Lipinski definition) is 3. The zero-order chi connectivity index (χ0) is 14.2. The highest BCUT2D eigenvalue weighted by molar-refractivity contribution is 9.10. The minimum atomic E-state index is -0.751. The van der Waals surface area contributed by atoms with E-state index in [1.54, 1.807) is 6.20 Å². The fourth-order valence-corrected chi connectivity index (χ4v) is 2.48. The van der Waals surface area contributed by atoms with Crippen LogP contribution in [0.2, 0.25) is 0 Å². The molecule has 0 aliphatic heterocycles. The molecule has 1 unspecified atom stereocenters. The average Bonchev–Trinajstić information content (AvgIpc) is 2.35. The molecule has 3 nitrogen and oxygen atoms in total. The van der Waals surface area contributed by atoms with Crippen LogP contribution in [-0.2, 0) is 0 Å². The number of rotatable bonds is 2. The van der Waals surface area contributed by atoms with Crippen molar-refractivity contribution in [3.63, 3.8) is 0 Å². The van der Waals surface area contributed by atoms with Crippen molar-refractivity contribution in [1.29, 1.82) is 0 Å². The predicted molar refractivity (Wildman–Crippen MR) is 81.1 cm³/mol. The lowest BCUT2D eigenvalue weighted by Gasteiger charge is -2.17. The van der Waals surface area contributed by atoms with Crippen LogP contribution in [0.3, 0.4) is 0 Å². The van der Waals surface area contributed by atoms with Crippen LogP contribution in [0.5, 0.6) is 0 Å². The van der Waals surface area contributed by atoms with E-state index in [0.29, 0.717) is 11.4 Å². The van der Waals surface area contributed by atoms with Crippen molar-refractivity contribution in [2.24, 2.45) is 0 Å². The average molecular weight is 321 g/mol. The molecular weight excluding hydrogens is 304 g/mol. The van der Waals surface area contributed by atoms with Gasteiger partial charge in [0.05, 0.1) is 0 Å². The minimum absolute atomic E-state index is 0.380. The van der Waals surface area contributed by atoms with E-state index in [1.807, 2.05) is 39.0 Å². The van der Waals surface area contributed by atoms with Crippen LogP contribution in [0.4, 0.5) is 5.82 Å². The zero-order valence-corrected chi connectivity index (χ0v) is 12.8. The first-order valence-electron chi connectivity index (χ1n) is 6.07. The van der Waals surface area contributed by atoms with Crippen LogP contribution in [-0.4, -0.2) is 10.1 Å². The Labute approximate surface area is 121 Å². The van der Waals surface area contributed by atoms with E-state index in [9.17, 15) is 5.11 Å². The smallest absolute Gasteiger partial charge is 0.129 e. The Bertz CT molecular complexity index is 582. The van der Waals surface area contributed by atoms with Crippen LogP contribution in [0, 0.1) is 20.8 Å². The Morgan fingerprint density at radius 2 is 1.74 bits per heavy atom. The van der Waals surface area contributed by atoms with E-state index in [4.69, 9.17) is 5.73 Å². The lowest BCUT2D eigenvalue weighted by Crippen LogP contribution is -2.08. The topological polar surface area (TPSA) is 59.1 Å². The molecule has 2 rings (SSSR count). The lowest BCUT2D eigenvalue weighted by atomic mass is 9.96.